The van der Waals surface area contributed by atoms with E-state index in [4.69, 9.17) is 9.47 Å². The fourth-order valence-electron chi connectivity index (χ4n) is 1.77. The number of benzene rings is 1. The third kappa shape index (κ3) is 6.44. The van der Waals surface area contributed by atoms with Crippen molar-refractivity contribution in [1.29, 1.82) is 0 Å². The zero-order valence-corrected chi connectivity index (χ0v) is 14.9. The first kappa shape index (κ1) is 19.2. The van der Waals surface area contributed by atoms with E-state index in [0.717, 1.165) is 0 Å². The number of carbonyl (C=O) groups excluding carboxylic acids is 1. The molecule has 0 aliphatic heterocycles. The lowest BCUT2D eigenvalue weighted by Gasteiger charge is -2.12. The smallest absolute Gasteiger partial charge is 0.310 e. The third-order valence-corrected chi connectivity index (χ3v) is 3.57. The van der Waals surface area contributed by atoms with E-state index in [0.29, 0.717) is 22.2 Å². The van der Waals surface area contributed by atoms with Crippen LogP contribution in [0.25, 0.3) is 0 Å². The normalized spacial score (nSPS) is 12.7. The highest BCUT2D eigenvalue weighted by atomic mass is 79.9. The van der Waals surface area contributed by atoms with E-state index in [1.54, 1.807) is 19.9 Å². The minimum Gasteiger partial charge on any atom is -0.511 e. The molecular formula is C17H20BrFO4. The summed E-state index contributed by atoms with van der Waals surface area (Å²) in [6.45, 7) is 5.48. The number of ether oxygens (including phenoxy) is 2. The Kier molecular flexibility index (Phi) is 7.81. The Bertz CT molecular complexity index is 623. The molecule has 0 bridgehead atoms. The number of allylic oxidation sites excluding steroid dienone is 4. The number of hydrogen-bond acceptors (Lipinski definition) is 4. The summed E-state index contributed by atoms with van der Waals surface area (Å²) < 4.78 is 24.4. The number of hydrogen-bond donors (Lipinski definition) is 1. The van der Waals surface area contributed by atoms with Gasteiger partial charge in [0.25, 0.3) is 0 Å². The van der Waals surface area contributed by atoms with Crippen molar-refractivity contribution in [2.45, 2.75) is 33.6 Å². The standard InChI is InChI=1S/C17H20BrFO4/c1-4-15(20)14(18)8-11(3)23-16-10-13(19)7-6-12(16)9-17(21)22-5-2/h6-8,10,20H,4-5,9H2,1-3H3/b11-8+,15-14-. The van der Waals surface area contributed by atoms with Crippen LogP contribution in [0, 0.1) is 5.82 Å². The van der Waals surface area contributed by atoms with Crippen LogP contribution in [-0.4, -0.2) is 17.7 Å². The zero-order valence-electron chi connectivity index (χ0n) is 13.4. The van der Waals surface area contributed by atoms with E-state index in [1.807, 2.05) is 6.92 Å². The van der Waals surface area contributed by atoms with Crippen molar-refractivity contribution < 1.29 is 23.8 Å². The van der Waals surface area contributed by atoms with Crippen LogP contribution in [0.5, 0.6) is 5.75 Å². The second-order valence-electron chi connectivity index (χ2n) is 4.74. The van der Waals surface area contributed by atoms with E-state index in [-0.39, 0.29) is 24.5 Å². The van der Waals surface area contributed by atoms with Crippen molar-refractivity contribution in [3.63, 3.8) is 0 Å². The maximum Gasteiger partial charge on any atom is 0.310 e. The molecule has 126 valence electrons. The SMILES string of the molecule is CCOC(=O)Cc1ccc(F)cc1O/C(C)=C/C(Br)=C(/O)CC. The Morgan fingerprint density at radius 3 is 2.70 bits per heavy atom. The van der Waals surface area contributed by atoms with Gasteiger partial charge in [0.15, 0.2) is 0 Å². The fraction of sp³-hybridized carbons (Fsp3) is 0.353. The third-order valence-electron chi connectivity index (χ3n) is 2.88. The molecule has 0 amide bonds. The van der Waals surface area contributed by atoms with E-state index < -0.39 is 11.8 Å². The van der Waals surface area contributed by atoms with Gasteiger partial charge in [0.2, 0.25) is 0 Å². The van der Waals surface area contributed by atoms with E-state index in [2.05, 4.69) is 15.9 Å². The molecular weight excluding hydrogens is 367 g/mol. The molecule has 0 unspecified atom stereocenters. The van der Waals surface area contributed by atoms with Crippen LogP contribution in [0.3, 0.4) is 0 Å². The summed E-state index contributed by atoms with van der Waals surface area (Å²) in [4.78, 5) is 11.6. The van der Waals surface area contributed by atoms with Crippen molar-refractivity contribution in [1.82, 2.24) is 0 Å². The van der Waals surface area contributed by atoms with E-state index >= 15 is 0 Å². The molecule has 0 saturated carbocycles. The van der Waals surface area contributed by atoms with E-state index in [9.17, 15) is 14.3 Å². The Hall–Kier alpha value is -1.82. The first-order valence-electron chi connectivity index (χ1n) is 7.25. The van der Waals surface area contributed by atoms with Crippen molar-refractivity contribution in [2.75, 3.05) is 6.61 Å². The monoisotopic (exact) mass is 386 g/mol. The number of esters is 1. The molecule has 0 heterocycles. The molecule has 1 rings (SSSR count). The van der Waals surface area contributed by atoms with Crippen LogP contribution in [0.4, 0.5) is 4.39 Å². The largest absolute Gasteiger partial charge is 0.511 e. The lowest BCUT2D eigenvalue weighted by atomic mass is 10.1. The Balaban J connectivity index is 3.00. The van der Waals surface area contributed by atoms with Crippen molar-refractivity contribution in [3.05, 3.63) is 51.7 Å². The van der Waals surface area contributed by atoms with Crippen LogP contribution in [0.15, 0.2) is 40.3 Å². The number of rotatable bonds is 7. The van der Waals surface area contributed by atoms with Gasteiger partial charge in [-0.3, -0.25) is 4.79 Å². The topological polar surface area (TPSA) is 55.8 Å². The predicted molar refractivity (Wildman–Crippen MR) is 90.0 cm³/mol. The predicted octanol–water partition coefficient (Wildman–Crippen LogP) is 4.79. The Morgan fingerprint density at radius 1 is 1.39 bits per heavy atom. The fourth-order valence-corrected chi connectivity index (χ4v) is 2.37. The highest BCUT2D eigenvalue weighted by molar-refractivity contribution is 9.11. The summed E-state index contributed by atoms with van der Waals surface area (Å²) in [5, 5.41) is 9.63. The molecule has 0 aliphatic carbocycles. The maximum atomic E-state index is 13.5. The highest BCUT2D eigenvalue weighted by Gasteiger charge is 2.12. The van der Waals surface area contributed by atoms with Crippen molar-refractivity contribution in [2.24, 2.45) is 0 Å². The highest BCUT2D eigenvalue weighted by Crippen LogP contribution is 2.24. The molecule has 0 aliphatic rings. The van der Waals surface area contributed by atoms with Crippen LogP contribution >= 0.6 is 15.9 Å². The van der Waals surface area contributed by atoms with Crippen LogP contribution < -0.4 is 4.74 Å². The molecule has 0 aromatic heterocycles. The Labute approximate surface area is 143 Å². The van der Waals surface area contributed by atoms with Gasteiger partial charge >= 0.3 is 5.97 Å². The van der Waals surface area contributed by atoms with Crippen LogP contribution in [-0.2, 0) is 16.0 Å². The van der Waals surface area contributed by atoms with Gasteiger partial charge in [0.05, 0.1) is 17.5 Å². The number of aliphatic hydroxyl groups is 1. The van der Waals surface area contributed by atoms with E-state index in [1.165, 1.54) is 18.2 Å². The summed E-state index contributed by atoms with van der Waals surface area (Å²) in [5.41, 5.74) is 0.525. The Morgan fingerprint density at radius 2 is 2.09 bits per heavy atom. The van der Waals surface area contributed by atoms with Gasteiger partial charge in [-0.2, -0.15) is 0 Å². The maximum absolute atomic E-state index is 13.5. The lowest BCUT2D eigenvalue weighted by molar-refractivity contribution is -0.142. The summed E-state index contributed by atoms with van der Waals surface area (Å²) in [6, 6.07) is 3.96. The lowest BCUT2D eigenvalue weighted by Crippen LogP contribution is -2.09. The van der Waals surface area contributed by atoms with Gasteiger partial charge in [0, 0.05) is 18.1 Å². The van der Waals surface area contributed by atoms with Crippen LogP contribution in [0.1, 0.15) is 32.8 Å². The number of carbonyl (C=O) groups is 1. The molecule has 1 aromatic carbocycles. The van der Waals surface area contributed by atoms with Gasteiger partial charge < -0.3 is 14.6 Å². The number of aliphatic hydroxyl groups excluding tert-OH is 1. The second-order valence-corrected chi connectivity index (χ2v) is 5.59. The molecule has 0 fully saturated rings. The summed E-state index contributed by atoms with van der Waals surface area (Å²) in [7, 11) is 0. The van der Waals surface area contributed by atoms with Gasteiger partial charge in [-0.05, 0) is 41.9 Å². The van der Waals surface area contributed by atoms with Crippen molar-refractivity contribution >= 4 is 21.9 Å². The molecule has 0 spiro atoms. The van der Waals surface area contributed by atoms with Crippen LogP contribution in [0.2, 0.25) is 0 Å². The minimum atomic E-state index is -0.466. The number of halogens is 2. The average molecular weight is 387 g/mol. The molecule has 0 atom stereocenters. The van der Waals surface area contributed by atoms with Gasteiger partial charge in [-0.25, -0.2) is 4.39 Å². The summed E-state index contributed by atoms with van der Waals surface area (Å²) in [5.74, 6) is -0.0173. The molecule has 0 saturated heterocycles. The van der Waals surface area contributed by atoms with Gasteiger partial charge in [0.1, 0.15) is 23.1 Å². The second kappa shape index (κ2) is 9.35. The molecule has 0 radical (unpaired) electrons. The minimum absolute atomic E-state index is 0.00600. The first-order chi connectivity index (χ1) is 10.9. The van der Waals surface area contributed by atoms with Gasteiger partial charge in [-0.15, -0.1) is 0 Å². The summed E-state index contributed by atoms with van der Waals surface area (Å²) in [6.07, 6.45) is 2.05. The quantitative estimate of drug-likeness (QED) is 0.415. The van der Waals surface area contributed by atoms with Gasteiger partial charge in [-0.1, -0.05) is 13.0 Å². The summed E-state index contributed by atoms with van der Waals surface area (Å²) >= 11 is 3.24. The molecule has 1 N–H and O–H groups in total. The molecule has 6 heteroatoms. The molecule has 23 heavy (non-hydrogen) atoms. The molecule has 1 aromatic rings. The molecule has 4 nitrogen and oxygen atoms in total. The van der Waals surface area contributed by atoms with Crippen molar-refractivity contribution in [3.8, 4) is 5.75 Å². The first-order valence-corrected chi connectivity index (χ1v) is 8.04. The zero-order chi connectivity index (χ0) is 17.4. The average Bonchev–Trinajstić information content (AvgIpc) is 2.49.